The number of alkyl halides is 2. The summed E-state index contributed by atoms with van der Waals surface area (Å²) in [6.07, 6.45) is -0.897. The molecule has 1 saturated heterocycles. The number of nitrogen functional groups attached to an aromatic ring is 1. The number of nitrogens with zero attached hydrogens (tertiary/aromatic N) is 3. The first-order valence-corrected chi connectivity index (χ1v) is 5.61. The molecular weight excluding hydrogens is 246 g/mol. The molecule has 0 unspecified atom stereocenters. The maximum Gasteiger partial charge on any atom is 0.354 e. The molecule has 18 heavy (non-hydrogen) atoms. The molecule has 100 valence electrons. The van der Waals surface area contributed by atoms with Crippen LogP contribution in [0.5, 0.6) is 0 Å². The highest BCUT2D eigenvalue weighted by molar-refractivity contribution is 5.10. The van der Waals surface area contributed by atoms with Gasteiger partial charge in [-0.2, -0.15) is 4.98 Å². The van der Waals surface area contributed by atoms with E-state index in [1.807, 2.05) is 0 Å². The van der Waals surface area contributed by atoms with Crippen molar-refractivity contribution >= 4 is 5.95 Å². The Kier molecular flexibility index (Phi) is 3.05. The quantitative estimate of drug-likeness (QED) is 0.850. The van der Waals surface area contributed by atoms with Crippen LogP contribution in [0, 0.1) is 5.92 Å². The summed E-state index contributed by atoms with van der Waals surface area (Å²) in [6.45, 7) is 3.15. The van der Waals surface area contributed by atoms with Gasteiger partial charge in [-0.05, 0) is 6.42 Å². The normalized spacial score (nSPS) is 30.6. The first-order valence-electron chi connectivity index (χ1n) is 5.61. The molecule has 0 aromatic carbocycles. The van der Waals surface area contributed by atoms with Gasteiger partial charge in [0.1, 0.15) is 6.33 Å². The number of anilines is 1. The van der Waals surface area contributed by atoms with E-state index in [0.717, 1.165) is 6.33 Å². The van der Waals surface area contributed by atoms with Crippen LogP contribution in [0.1, 0.15) is 26.5 Å². The van der Waals surface area contributed by atoms with Crippen LogP contribution in [0.15, 0.2) is 11.1 Å². The third-order valence-corrected chi connectivity index (χ3v) is 3.20. The lowest BCUT2D eigenvalue weighted by Crippen LogP contribution is -2.38. The van der Waals surface area contributed by atoms with Crippen LogP contribution >= 0.6 is 0 Å². The molecule has 0 saturated carbocycles. The highest BCUT2D eigenvalue weighted by Crippen LogP contribution is 2.46. The largest absolute Gasteiger partial charge is 0.368 e. The summed E-state index contributed by atoms with van der Waals surface area (Å²) in [5.74, 6) is -4.38. The third kappa shape index (κ3) is 1.86. The molecule has 0 aliphatic carbocycles. The first kappa shape index (κ1) is 12.9. The minimum atomic E-state index is -3.15. The lowest BCUT2D eigenvalue weighted by Gasteiger charge is -2.21. The van der Waals surface area contributed by atoms with Gasteiger partial charge in [0.2, 0.25) is 12.2 Å². The van der Waals surface area contributed by atoms with Gasteiger partial charge >= 0.3 is 5.69 Å². The molecule has 1 aromatic rings. The molecule has 1 aliphatic heterocycles. The standard InChI is InChI=1S/C10H14F2N4O2/c1-3-6-5(2)10(11,12)7(18-6)16-4-14-8(13)15-9(16)17/h4-7H,3H2,1-2H3,(H2,13,15,17)/t5-,6-,7-/m1/s1. The lowest BCUT2D eigenvalue weighted by molar-refractivity contribution is -0.125. The fraction of sp³-hybridized carbons (Fsp3) is 0.700. The molecule has 0 radical (unpaired) electrons. The number of rotatable bonds is 2. The van der Waals surface area contributed by atoms with Gasteiger partial charge < -0.3 is 10.5 Å². The Hall–Kier alpha value is -1.57. The smallest absolute Gasteiger partial charge is 0.354 e. The Morgan fingerprint density at radius 3 is 2.78 bits per heavy atom. The van der Waals surface area contributed by atoms with Gasteiger partial charge in [0.05, 0.1) is 12.0 Å². The Morgan fingerprint density at radius 2 is 2.28 bits per heavy atom. The molecule has 0 amide bonds. The van der Waals surface area contributed by atoms with Crippen LogP contribution in [0.2, 0.25) is 0 Å². The van der Waals surface area contributed by atoms with E-state index in [9.17, 15) is 13.6 Å². The molecular formula is C10H14F2N4O2. The van der Waals surface area contributed by atoms with E-state index in [1.165, 1.54) is 6.92 Å². The molecule has 1 aromatic heterocycles. The molecule has 2 N–H and O–H groups in total. The average molecular weight is 260 g/mol. The fourth-order valence-electron chi connectivity index (χ4n) is 2.06. The second-order valence-corrected chi connectivity index (χ2v) is 4.30. The summed E-state index contributed by atoms with van der Waals surface area (Å²) < 4.78 is 34.0. The van der Waals surface area contributed by atoms with Gasteiger partial charge in [-0.15, -0.1) is 0 Å². The van der Waals surface area contributed by atoms with Crippen molar-refractivity contribution in [3.8, 4) is 0 Å². The molecule has 2 rings (SSSR count). The molecule has 3 atom stereocenters. The first-order chi connectivity index (χ1) is 8.37. The maximum absolute atomic E-state index is 14.0. The van der Waals surface area contributed by atoms with Crippen molar-refractivity contribution in [3.63, 3.8) is 0 Å². The number of nitrogens with two attached hydrogens (primary N) is 1. The number of hydrogen-bond acceptors (Lipinski definition) is 5. The number of halogens is 2. The van der Waals surface area contributed by atoms with Gasteiger partial charge in [-0.25, -0.2) is 23.1 Å². The van der Waals surface area contributed by atoms with Crippen molar-refractivity contribution in [2.75, 3.05) is 5.73 Å². The van der Waals surface area contributed by atoms with Crippen LogP contribution in [-0.4, -0.2) is 26.6 Å². The van der Waals surface area contributed by atoms with Crippen molar-refractivity contribution in [3.05, 3.63) is 16.8 Å². The zero-order valence-corrected chi connectivity index (χ0v) is 10.0. The summed E-state index contributed by atoms with van der Waals surface area (Å²) >= 11 is 0. The average Bonchev–Trinajstić information content (AvgIpc) is 2.52. The number of aromatic nitrogens is 3. The highest BCUT2D eigenvalue weighted by Gasteiger charge is 2.57. The summed E-state index contributed by atoms with van der Waals surface area (Å²) in [4.78, 5) is 18.4. The molecule has 1 fully saturated rings. The summed E-state index contributed by atoms with van der Waals surface area (Å²) in [6, 6.07) is 0. The predicted octanol–water partition coefficient (Wildman–Crippen LogP) is 0.799. The van der Waals surface area contributed by atoms with Gasteiger partial charge in [0, 0.05) is 0 Å². The van der Waals surface area contributed by atoms with Crippen molar-refractivity contribution < 1.29 is 13.5 Å². The van der Waals surface area contributed by atoms with E-state index in [2.05, 4.69) is 9.97 Å². The zero-order valence-electron chi connectivity index (χ0n) is 10.0. The Morgan fingerprint density at radius 1 is 1.61 bits per heavy atom. The topological polar surface area (TPSA) is 83.0 Å². The summed E-state index contributed by atoms with van der Waals surface area (Å²) in [5.41, 5.74) is 4.32. The minimum absolute atomic E-state index is 0.252. The summed E-state index contributed by atoms with van der Waals surface area (Å²) in [5, 5.41) is 0. The molecule has 2 heterocycles. The fourth-order valence-corrected chi connectivity index (χ4v) is 2.06. The number of ether oxygens (including phenoxy) is 1. The monoisotopic (exact) mass is 260 g/mol. The lowest BCUT2D eigenvalue weighted by atomic mass is 9.98. The van der Waals surface area contributed by atoms with Crippen LogP contribution in [0.4, 0.5) is 14.7 Å². The van der Waals surface area contributed by atoms with E-state index in [0.29, 0.717) is 11.0 Å². The van der Waals surface area contributed by atoms with Crippen molar-refractivity contribution in [1.29, 1.82) is 0 Å². The molecule has 8 heteroatoms. The van der Waals surface area contributed by atoms with Gasteiger partial charge in [-0.3, -0.25) is 0 Å². The minimum Gasteiger partial charge on any atom is -0.368 e. The van der Waals surface area contributed by atoms with Crippen molar-refractivity contribution in [2.45, 2.75) is 38.5 Å². The Balaban J connectivity index is 2.42. The maximum atomic E-state index is 14.0. The summed E-state index contributed by atoms with van der Waals surface area (Å²) in [7, 11) is 0. The van der Waals surface area contributed by atoms with Gasteiger partial charge in [0.25, 0.3) is 5.92 Å². The molecule has 1 aliphatic rings. The van der Waals surface area contributed by atoms with E-state index < -0.39 is 29.9 Å². The Labute approximate surface area is 102 Å². The van der Waals surface area contributed by atoms with Crippen LogP contribution < -0.4 is 11.4 Å². The molecule has 6 nitrogen and oxygen atoms in total. The SMILES string of the molecule is CC[C@H]1O[C@@H](n2cnc(N)nc2=O)C(F)(F)[C@@H]1C. The van der Waals surface area contributed by atoms with E-state index in [4.69, 9.17) is 10.5 Å². The second kappa shape index (κ2) is 4.27. The van der Waals surface area contributed by atoms with Crippen LogP contribution in [0.25, 0.3) is 0 Å². The van der Waals surface area contributed by atoms with Crippen LogP contribution in [0.3, 0.4) is 0 Å². The Bertz CT molecular complexity index is 505. The third-order valence-electron chi connectivity index (χ3n) is 3.20. The molecule has 0 bridgehead atoms. The van der Waals surface area contributed by atoms with Gasteiger partial charge in [-0.1, -0.05) is 13.8 Å². The van der Waals surface area contributed by atoms with Crippen molar-refractivity contribution in [2.24, 2.45) is 5.92 Å². The second-order valence-electron chi connectivity index (χ2n) is 4.30. The van der Waals surface area contributed by atoms with E-state index >= 15 is 0 Å². The van der Waals surface area contributed by atoms with Crippen LogP contribution in [-0.2, 0) is 4.74 Å². The van der Waals surface area contributed by atoms with E-state index in [-0.39, 0.29) is 5.95 Å². The van der Waals surface area contributed by atoms with E-state index in [1.54, 1.807) is 6.92 Å². The van der Waals surface area contributed by atoms with Gasteiger partial charge in [0.15, 0.2) is 0 Å². The van der Waals surface area contributed by atoms with Crippen molar-refractivity contribution in [1.82, 2.24) is 14.5 Å². The number of hydrogen-bond donors (Lipinski definition) is 1. The predicted molar refractivity (Wildman–Crippen MR) is 59.0 cm³/mol. The zero-order chi connectivity index (χ0) is 13.5. The molecule has 0 spiro atoms. The highest BCUT2D eigenvalue weighted by atomic mass is 19.3.